The van der Waals surface area contributed by atoms with Gasteiger partial charge >= 0.3 is 0 Å². The highest BCUT2D eigenvalue weighted by Crippen LogP contribution is 2.41. The Labute approximate surface area is 158 Å². The highest BCUT2D eigenvalue weighted by atomic mass is 32.1. The van der Waals surface area contributed by atoms with Gasteiger partial charge in [-0.2, -0.15) is 10.2 Å². The summed E-state index contributed by atoms with van der Waals surface area (Å²) < 4.78 is 0. The summed E-state index contributed by atoms with van der Waals surface area (Å²) in [5, 5.41) is 15.3. The van der Waals surface area contributed by atoms with Crippen molar-refractivity contribution in [2.75, 3.05) is 14.1 Å². The van der Waals surface area contributed by atoms with Crippen LogP contribution in [0.25, 0.3) is 0 Å². The normalized spacial score (nSPS) is 16.5. The molecule has 1 saturated carbocycles. The number of hydrogen-bond donors (Lipinski definition) is 4. The minimum Gasteiger partial charge on any atom is -0.364 e. The van der Waals surface area contributed by atoms with Crippen LogP contribution in [0.3, 0.4) is 0 Å². The molecule has 1 aliphatic carbocycles. The SMILES string of the molecule is CNC(=S)N/N=C/C(=N/NC(=S)NC)C1(c2cccnc2)CCCC1. The highest BCUT2D eigenvalue weighted by Gasteiger charge is 2.40. The third kappa shape index (κ3) is 4.93. The van der Waals surface area contributed by atoms with E-state index in [0.717, 1.165) is 37.0 Å². The summed E-state index contributed by atoms with van der Waals surface area (Å²) in [6.45, 7) is 0. The molecule has 0 atom stereocenters. The fourth-order valence-corrected chi connectivity index (χ4v) is 3.05. The van der Waals surface area contributed by atoms with Gasteiger partial charge in [0.2, 0.25) is 0 Å². The highest BCUT2D eigenvalue weighted by molar-refractivity contribution is 7.80. The molecule has 0 radical (unpaired) electrons. The van der Waals surface area contributed by atoms with Crippen LogP contribution in [0.4, 0.5) is 0 Å². The lowest BCUT2D eigenvalue weighted by atomic mass is 9.75. The van der Waals surface area contributed by atoms with Gasteiger partial charge in [-0.05, 0) is 48.9 Å². The van der Waals surface area contributed by atoms with Gasteiger partial charge in [-0.3, -0.25) is 15.8 Å². The topological polar surface area (TPSA) is 85.7 Å². The van der Waals surface area contributed by atoms with Crippen molar-refractivity contribution < 1.29 is 0 Å². The van der Waals surface area contributed by atoms with E-state index in [4.69, 9.17) is 24.4 Å². The molecular formula is C16H23N7S2. The van der Waals surface area contributed by atoms with Gasteiger partial charge in [0.25, 0.3) is 0 Å². The van der Waals surface area contributed by atoms with Crippen molar-refractivity contribution in [2.24, 2.45) is 10.2 Å². The van der Waals surface area contributed by atoms with E-state index < -0.39 is 0 Å². The van der Waals surface area contributed by atoms with E-state index in [1.54, 1.807) is 26.5 Å². The summed E-state index contributed by atoms with van der Waals surface area (Å²) in [5.74, 6) is 0. The summed E-state index contributed by atoms with van der Waals surface area (Å²) >= 11 is 10.2. The molecule has 0 saturated heterocycles. The van der Waals surface area contributed by atoms with Crippen molar-refractivity contribution in [3.05, 3.63) is 30.1 Å². The lowest BCUT2D eigenvalue weighted by Crippen LogP contribution is -2.39. The van der Waals surface area contributed by atoms with Crippen molar-refractivity contribution in [1.29, 1.82) is 0 Å². The summed E-state index contributed by atoms with van der Waals surface area (Å²) in [6.07, 6.45) is 9.59. The van der Waals surface area contributed by atoms with Crippen LogP contribution < -0.4 is 21.5 Å². The summed E-state index contributed by atoms with van der Waals surface area (Å²) in [5.41, 5.74) is 7.34. The van der Waals surface area contributed by atoms with Crippen LogP contribution in [0.15, 0.2) is 34.7 Å². The van der Waals surface area contributed by atoms with Crippen LogP contribution in [-0.4, -0.2) is 41.2 Å². The first-order valence-electron chi connectivity index (χ1n) is 8.09. The molecule has 25 heavy (non-hydrogen) atoms. The van der Waals surface area contributed by atoms with Crippen molar-refractivity contribution in [1.82, 2.24) is 26.5 Å². The van der Waals surface area contributed by atoms with E-state index in [-0.39, 0.29) is 5.41 Å². The first-order chi connectivity index (χ1) is 12.1. The predicted octanol–water partition coefficient (Wildman–Crippen LogP) is 1.42. The second kappa shape index (κ2) is 9.38. The second-order valence-corrected chi connectivity index (χ2v) is 6.48. The van der Waals surface area contributed by atoms with Crippen molar-refractivity contribution in [3.63, 3.8) is 0 Å². The number of nitrogens with one attached hydrogen (secondary N) is 4. The number of rotatable bonds is 5. The molecule has 0 aliphatic heterocycles. The Bertz CT molecular complexity index is 652. The maximum atomic E-state index is 5.14. The lowest BCUT2D eigenvalue weighted by Gasteiger charge is -2.29. The third-order valence-corrected chi connectivity index (χ3v) is 4.84. The average molecular weight is 378 g/mol. The number of pyridine rings is 1. The molecule has 0 spiro atoms. The molecule has 134 valence electrons. The fraction of sp³-hybridized carbons (Fsp3) is 0.438. The number of hydrogen-bond acceptors (Lipinski definition) is 5. The molecule has 0 unspecified atom stereocenters. The molecule has 1 heterocycles. The minimum absolute atomic E-state index is 0.239. The molecule has 1 aromatic rings. The van der Waals surface area contributed by atoms with Gasteiger partial charge in [-0.1, -0.05) is 18.9 Å². The van der Waals surface area contributed by atoms with Crippen LogP contribution in [0.5, 0.6) is 0 Å². The summed E-state index contributed by atoms with van der Waals surface area (Å²) in [6, 6.07) is 4.04. The minimum atomic E-state index is -0.239. The van der Waals surface area contributed by atoms with Gasteiger partial charge in [0.05, 0.1) is 11.9 Å². The Kier molecular flexibility index (Phi) is 7.20. The van der Waals surface area contributed by atoms with E-state index in [2.05, 4.69) is 42.7 Å². The van der Waals surface area contributed by atoms with Crippen LogP contribution in [0, 0.1) is 0 Å². The van der Waals surface area contributed by atoms with Crippen molar-refractivity contribution in [3.8, 4) is 0 Å². The fourth-order valence-electron chi connectivity index (χ4n) is 2.95. The Morgan fingerprint density at radius 2 is 1.84 bits per heavy atom. The summed E-state index contributed by atoms with van der Waals surface area (Å²) in [7, 11) is 3.48. The average Bonchev–Trinajstić information content (AvgIpc) is 3.15. The smallest absolute Gasteiger partial charge is 0.186 e. The largest absolute Gasteiger partial charge is 0.364 e. The van der Waals surface area contributed by atoms with E-state index in [1.165, 1.54) is 0 Å². The quantitative estimate of drug-likeness (QED) is 0.351. The molecule has 1 aliphatic rings. The molecule has 9 heteroatoms. The first-order valence-corrected chi connectivity index (χ1v) is 8.91. The molecule has 0 aromatic carbocycles. The van der Waals surface area contributed by atoms with E-state index in [0.29, 0.717) is 10.2 Å². The van der Waals surface area contributed by atoms with Gasteiger partial charge in [0, 0.05) is 31.9 Å². The van der Waals surface area contributed by atoms with E-state index >= 15 is 0 Å². The molecule has 4 N–H and O–H groups in total. The Balaban J connectivity index is 2.36. The number of hydrazone groups is 2. The van der Waals surface area contributed by atoms with Crippen LogP contribution in [0.2, 0.25) is 0 Å². The third-order valence-electron chi connectivity index (χ3n) is 4.25. The van der Waals surface area contributed by atoms with Gasteiger partial charge < -0.3 is 10.6 Å². The Morgan fingerprint density at radius 3 is 2.44 bits per heavy atom. The maximum Gasteiger partial charge on any atom is 0.186 e. The van der Waals surface area contributed by atoms with Gasteiger partial charge in [-0.25, -0.2) is 0 Å². The van der Waals surface area contributed by atoms with Crippen molar-refractivity contribution in [2.45, 2.75) is 31.1 Å². The number of aromatic nitrogens is 1. The molecule has 0 amide bonds. The first kappa shape index (κ1) is 19.2. The van der Waals surface area contributed by atoms with E-state index in [9.17, 15) is 0 Å². The van der Waals surface area contributed by atoms with Gasteiger partial charge in [0.1, 0.15) is 0 Å². The molecule has 1 fully saturated rings. The van der Waals surface area contributed by atoms with Crippen LogP contribution >= 0.6 is 24.4 Å². The molecular weight excluding hydrogens is 354 g/mol. The predicted molar refractivity (Wildman–Crippen MR) is 110 cm³/mol. The Hall–Kier alpha value is -2.13. The second-order valence-electron chi connectivity index (χ2n) is 5.67. The molecule has 2 rings (SSSR count). The summed E-state index contributed by atoms with van der Waals surface area (Å²) in [4.78, 5) is 4.29. The standard InChI is InChI=1S/C16H23N7S2/c1-17-14(24)22-20-11-13(21-23-15(25)18-2)16(7-3-4-8-16)12-6-5-9-19-10-12/h5-6,9-11H,3-4,7-8H2,1-2H3,(H2,17,22,24)(H2,18,23,25)/b20-11+,21-13-. The number of nitrogens with zero attached hydrogens (tertiary/aromatic N) is 3. The lowest BCUT2D eigenvalue weighted by molar-refractivity contribution is 0.598. The van der Waals surface area contributed by atoms with E-state index in [1.807, 2.05) is 12.3 Å². The molecule has 1 aromatic heterocycles. The maximum absolute atomic E-state index is 5.14. The molecule has 7 nitrogen and oxygen atoms in total. The number of thiocarbonyl (C=S) groups is 2. The van der Waals surface area contributed by atoms with Gasteiger partial charge in [0.15, 0.2) is 10.2 Å². The van der Waals surface area contributed by atoms with Gasteiger partial charge in [-0.15, -0.1) is 0 Å². The Morgan fingerprint density at radius 1 is 1.16 bits per heavy atom. The monoisotopic (exact) mass is 377 g/mol. The zero-order valence-corrected chi connectivity index (χ0v) is 16.0. The zero-order chi connectivity index (χ0) is 18.1. The van der Waals surface area contributed by atoms with Crippen molar-refractivity contribution >= 4 is 46.6 Å². The van der Waals surface area contributed by atoms with Crippen LogP contribution in [0.1, 0.15) is 31.2 Å². The van der Waals surface area contributed by atoms with Crippen LogP contribution in [-0.2, 0) is 5.41 Å². The molecule has 0 bridgehead atoms. The zero-order valence-electron chi connectivity index (χ0n) is 14.4.